The van der Waals surface area contributed by atoms with Crippen molar-refractivity contribution in [3.05, 3.63) is 21.4 Å². The Labute approximate surface area is 145 Å². The zero-order chi connectivity index (χ0) is 17.7. The highest BCUT2D eigenvalue weighted by atomic mass is 32.1. The van der Waals surface area contributed by atoms with E-state index < -0.39 is 18.0 Å². The molecule has 0 fully saturated rings. The summed E-state index contributed by atoms with van der Waals surface area (Å²) in [5, 5.41) is 2.67. The number of nitrogens with one attached hydrogen (secondary N) is 1. The molecule has 2 atom stereocenters. The number of thiophene rings is 1. The molecule has 6 nitrogen and oxygen atoms in total. The molecule has 0 radical (unpaired) electrons. The summed E-state index contributed by atoms with van der Waals surface area (Å²) < 4.78 is 9.28. The van der Waals surface area contributed by atoms with E-state index in [9.17, 15) is 14.4 Å². The third-order valence-corrected chi connectivity index (χ3v) is 5.44. The second-order valence-corrected chi connectivity index (χ2v) is 7.21. The number of carbonyl (C=O) groups is 3. The molecule has 1 aliphatic carbocycles. The maximum absolute atomic E-state index is 12.5. The first-order valence-corrected chi connectivity index (χ1v) is 8.83. The number of fused-ring (bicyclic) bond motifs is 1. The van der Waals surface area contributed by atoms with E-state index in [-0.39, 0.29) is 18.7 Å². The van der Waals surface area contributed by atoms with Crippen molar-refractivity contribution in [3.63, 3.8) is 0 Å². The lowest BCUT2D eigenvalue weighted by atomic mass is 9.90. The molecule has 0 spiro atoms. The van der Waals surface area contributed by atoms with Gasteiger partial charge in [-0.1, -0.05) is 6.92 Å². The zero-order valence-corrected chi connectivity index (χ0v) is 15.0. The van der Waals surface area contributed by atoms with Crippen LogP contribution in [0.25, 0.3) is 0 Å². The molecule has 0 saturated carbocycles. The molecule has 7 heteroatoms. The lowest BCUT2D eigenvalue weighted by Crippen LogP contribution is -2.41. The summed E-state index contributed by atoms with van der Waals surface area (Å²) in [6.45, 7) is 2.21. The minimum absolute atomic E-state index is 0.0367. The van der Waals surface area contributed by atoms with Crippen LogP contribution in [0, 0.1) is 5.92 Å². The fourth-order valence-corrected chi connectivity index (χ4v) is 3.91. The van der Waals surface area contributed by atoms with Crippen LogP contribution in [0.4, 0.5) is 0 Å². The van der Waals surface area contributed by atoms with E-state index in [0.717, 1.165) is 19.3 Å². The number of ether oxygens (including phenoxy) is 2. The Bertz CT molecular complexity index is 624. The van der Waals surface area contributed by atoms with Crippen LogP contribution in [0.2, 0.25) is 0 Å². The van der Waals surface area contributed by atoms with E-state index in [2.05, 4.69) is 17.0 Å². The first-order chi connectivity index (χ1) is 11.4. The van der Waals surface area contributed by atoms with Crippen LogP contribution in [-0.4, -0.2) is 38.1 Å². The van der Waals surface area contributed by atoms with Crippen LogP contribution in [0.15, 0.2) is 6.07 Å². The SMILES string of the molecule is COC(=O)CC[C@@H](NC(=O)c1cc2c(s1)CC[C@H](C)C2)C(=O)OC. The Hall–Kier alpha value is -1.89. The monoisotopic (exact) mass is 353 g/mol. The van der Waals surface area contributed by atoms with Gasteiger partial charge in [-0.05, 0) is 43.2 Å². The van der Waals surface area contributed by atoms with Gasteiger partial charge < -0.3 is 14.8 Å². The number of esters is 2. The summed E-state index contributed by atoms with van der Waals surface area (Å²) in [5.41, 5.74) is 1.23. The lowest BCUT2D eigenvalue weighted by Gasteiger charge is -2.16. The molecule has 0 unspecified atom stereocenters. The number of rotatable bonds is 6. The normalized spacial score (nSPS) is 17.5. The molecule has 0 bridgehead atoms. The van der Waals surface area contributed by atoms with Gasteiger partial charge >= 0.3 is 11.9 Å². The summed E-state index contributed by atoms with van der Waals surface area (Å²) in [7, 11) is 2.54. The molecule has 132 valence electrons. The predicted molar refractivity (Wildman–Crippen MR) is 90.0 cm³/mol. The molecule has 0 aromatic carbocycles. The summed E-state index contributed by atoms with van der Waals surface area (Å²) in [6.07, 6.45) is 3.31. The average molecular weight is 353 g/mol. The van der Waals surface area contributed by atoms with Gasteiger partial charge in [0.25, 0.3) is 5.91 Å². The van der Waals surface area contributed by atoms with Gasteiger partial charge in [0.15, 0.2) is 0 Å². The van der Waals surface area contributed by atoms with Crippen LogP contribution in [0.1, 0.15) is 46.3 Å². The van der Waals surface area contributed by atoms with Crippen molar-refractivity contribution in [3.8, 4) is 0 Å². The standard InChI is InChI=1S/C17H23NO5S/c1-10-4-6-13-11(8-10)9-14(24-13)16(20)18-12(17(21)23-3)5-7-15(19)22-2/h9-10,12H,4-8H2,1-3H3,(H,18,20)/t10-,12+/m0/s1. The first kappa shape index (κ1) is 18.4. The predicted octanol–water partition coefficient (Wildman–Crippen LogP) is 2.10. The second-order valence-electron chi connectivity index (χ2n) is 6.07. The average Bonchev–Trinajstić information content (AvgIpc) is 3.00. The number of aryl methyl sites for hydroxylation is 1. The summed E-state index contributed by atoms with van der Waals surface area (Å²) >= 11 is 1.48. The van der Waals surface area contributed by atoms with E-state index >= 15 is 0 Å². The molecule has 1 aromatic rings. The second kappa shape index (κ2) is 8.28. The summed E-state index contributed by atoms with van der Waals surface area (Å²) in [5.74, 6) is -0.672. The highest BCUT2D eigenvalue weighted by Crippen LogP contribution is 2.32. The Morgan fingerprint density at radius 3 is 2.75 bits per heavy atom. The number of methoxy groups -OCH3 is 2. The molecule has 1 aliphatic rings. The van der Waals surface area contributed by atoms with Crippen LogP contribution in [0.3, 0.4) is 0 Å². The third kappa shape index (κ3) is 4.56. The first-order valence-electron chi connectivity index (χ1n) is 8.01. The van der Waals surface area contributed by atoms with Crippen molar-refractivity contribution in [2.75, 3.05) is 14.2 Å². The summed E-state index contributed by atoms with van der Waals surface area (Å²) in [6, 6.07) is 1.05. The van der Waals surface area contributed by atoms with Crippen LogP contribution < -0.4 is 5.32 Å². The van der Waals surface area contributed by atoms with E-state index in [0.29, 0.717) is 10.8 Å². The number of hydrogen-bond acceptors (Lipinski definition) is 6. The van der Waals surface area contributed by atoms with Gasteiger partial charge in [0.05, 0.1) is 19.1 Å². The molecular formula is C17H23NO5S. The van der Waals surface area contributed by atoms with Crippen molar-refractivity contribution in [2.24, 2.45) is 5.92 Å². The van der Waals surface area contributed by atoms with E-state index in [4.69, 9.17) is 4.74 Å². The number of carbonyl (C=O) groups excluding carboxylic acids is 3. The van der Waals surface area contributed by atoms with Crippen molar-refractivity contribution in [1.29, 1.82) is 0 Å². The highest BCUT2D eigenvalue weighted by molar-refractivity contribution is 7.14. The molecule has 24 heavy (non-hydrogen) atoms. The number of amides is 1. The molecule has 1 N–H and O–H groups in total. The van der Waals surface area contributed by atoms with E-state index in [1.807, 2.05) is 6.07 Å². The Balaban J connectivity index is 2.04. The minimum atomic E-state index is -0.861. The fourth-order valence-electron chi connectivity index (χ4n) is 2.80. The van der Waals surface area contributed by atoms with Crippen molar-refractivity contribution >= 4 is 29.2 Å². The van der Waals surface area contributed by atoms with Gasteiger partial charge in [-0.3, -0.25) is 9.59 Å². The van der Waals surface area contributed by atoms with Crippen molar-refractivity contribution in [1.82, 2.24) is 5.32 Å². The van der Waals surface area contributed by atoms with Gasteiger partial charge in [0, 0.05) is 11.3 Å². The van der Waals surface area contributed by atoms with Crippen molar-refractivity contribution < 1.29 is 23.9 Å². The Kier molecular flexibility index (Phi) is 6.36. The molecule has 1 heterocycles. The largest absolute Gasteiger partial charge is 0.469 e. The quantitative estimate of drug-likeness (QED) is 0.792. The summed E-state index contributed by atoms with van der Waals surface area (Å²) in [4.78, 5) is 37.4. The van der Waals surface area contributed by atoms with Gasteiger partial charge in [-0.15, -0.1) is 11.3 Å². The van der Waals surface area contributed by atoms with Gasteiger partial charge in [0.1, 0.15) is 6.04 Å². The molecule has 1 amide bonds. The van der Waals surface area contributed by atoms with Gasteiger partial charge in [-0.25, -0.2) is 4.79 Å². The lowest BCUT2D eigenvalue weighted by molar-refractivity contribution is -0.144. The van der Waals surface area contributed by atoms with Crippen LogP contribution in [-0.2, 0) is 31.9 Å². The molecule has 1 aromatic heterocycles. The molecule has 0 aliphatic heterocycles. The van der Waals surface area contributed by atoms with Crippen molar-refractivity contribution in [2.45, 2.75) is 45.1 Å². The van der Waals surface area contributed by atoms with Crippen LogP contribution >= 0.6 is 11.3 Å². The zero-order valence-electron chi connectivity index (χ0n) is 14.2. The maximum Gasteiger partial charge on any atom is 0.328 e. The van der Waals surface area contributed by atoms with E-state index in [1.54, 1.807) is 0 Å². The Morgan fingerprint density at radius 2 is 2.08 bits per heavy atom. The highest BCUT2D eigenvalue weighted by Gasteiger charge is 2.26. The fraction of sp³-hybridized carbons (Fsp3) is 0.588. The molecule has 0 saturated heterocycles. The maximum atomic E-state index is 12.5. The minimum Gasteiger partial charge on any atom is -0.469 e. The van der Waals surface area contributed by atoms with E-state index in [1.165, 1.54) is 36.0 Å². The molecular weight excluding hydrogens is 330 g/mol. The Morgan fingerprint density at radius 1 is 1.33 bits per heavy atom. The molecule has 2 rings (SSSR count). The topological polar surface area (TPSA) is 81.7 Å². The van der Waals surface area contributed by atoms with Gasteiger partial charge in [0.2, 0.25) is 0 Å². The number of hydrogen-bond donors (Lipinski definition) is 1. The smallest absolute Gasteiger partial charge is 0.328 e. The third-order valence-electron chi connectivity index (χ3n) is 4.21. The van der Waals surface area contributed by atoms with Crippen LogP contribution in [0.5, 0.6) is 0 Å². The van der Waals surface area contributed by atoms with Gasteiger partial charge in [-0.2, -0.15) is 0 Å².